The number of ether oxygens (including phenoxy) is 1. The Hall–Kier alpha value is -2.37. The molecule has 0 unspecified atom stereocenters. The Kier molecular flexibility index (Phi) is 3.83. The van der Waals surface area contributed by atoms with Crippen LogP contribution in [0.5, 0.6) is 0 Å². The van der Waals surface area contributed by atoms with Crippen molar-refractivity contribution >= 4 is 11.8 Å². The predicted molar refractivity (Wildman–Crippen MR) is 82.6 cm³/mol. The summed E-state index contributed by atoms with van der Waals surface area (Å²) in [5.41, 5.74) is 2.18. The van der Waals surface area contributed by atoms with Crippen LogP contribution in [0.1, 0.15) is 40.9 Å². The third-order valence-corrected chi connectivity index (χ3v) is 4.33. The summed E-state index contributed by atoms with van der Waals surface area (Å²) in [6, 6.07) is 3.60. The average molecular weight is 316 g/mol. The largest absolute Gasteiger partial charge is 0.457 e. The van der Waals surface area contributed by atoms with Gasteiger partial charge in [0.15, 0.2) is 12.4 Å². The quantitative estimate of drug-likeness (QED) is 0.626. The van der Waals surface area contributed by atoms with Gasteiger partial charge in [0, 0.05) is 23.0 Å². The van der Waals surface area contributed by atoms with E-state index >= 15 is 0 Å². The van der Waals surface area contributed by atoms with Crippen LogP contribution in [0, 0.1) is 32.6 Å². The molecule has 23 heavy (non-hydrogen) atoms. The summed E-state index contributed by atoms with van der Waals surface area (Å²) in [5, 5.41) is 3.99. The normalized spacial score (nSPS) is 19.7. The molecule has 1 fully saturated rings. The molecule has 0 saturated heterocycles. The summed E-state index contributed by atoms with van der Waals surface area (Å²) in [5.74, 6) is 1.21. The number of carbonyl (C=O) groups excluding carboxylic acids is 2. The van der Waals surface area contributed by atoms with Gasteiger partial charge in [-0.05, 0) is 39.2 Å². The van der Waals surface area contributed by atoms with Crippen LogP contribution in [0.2, 0.25) is 0 Å². The lowest BCUT2D eigenvalue weighted by atomic mass is 10.1. The SMILES string of the molecule is Cc1cc(-n2c(C)cc(C(=O)COC(=O)[C@H]3C[C@H]3C)c2C)no1. The van der Waals surface area contributed by atoms with Gasteiger partial charge in [0.2, 0.25) is 5.78 Å². The standard InChI is InChI=1S/C17H20N2O4/c1-9-5-13(9)17(21)22-8-15(20)14-6-10(2)19(12(14)4)16-7-11(3)23-18-16/h6-7,9,13H,5,8H2,1-4H3/t9-,13+/m1/s1. The molecule has 2 aromatic heterocycles. The molecular weight excluding hydrogens is 296 g/mol. The van der Waals surface area contributed by atoms with Crippen LogP contribution in [-0.4, -0.2) is 28.1 Å². The van der Waals surface area contributed by atoms with Crippen molar-refractivity contribution in [3.05, 3.63) is 34.8 Å². The molecule has 0 radical (unpaired) electrons. The van der Waals surface area contributed by atoms with Gasteiger partial charge in [-0.15, -0.1) is 0 Å². The van der Waals surface area contributed by atoms with Crippen molar-refractivity contribution < 1.29 is 18.8 Å². The van der Waals surface area contributed by atoms with Gasteiger partial charge in [0.25, 0.3) is 0 Å². The maximum Gasteiger partial charge on any atom is 0.309 e. The fourth-order valence-corrected chi connectivity index (χ4v) is 2.83. The monoisotopic (exact) mass is 316 g/mol. The number of hydrogen-bond donors (Lipinski definition) is 0. The van der Waals surface area contributed by atoms with Crippen molar-refractivity contribution in [2.24, 2.45) is 11.8 Å². The lowest BCUT2D eigenvalue weighted by Gasteiger charge is -2.06. The van der Waals surface area contributed by atoms with Gasteiger partial charge in [-0.1, -0.05) is 12.1 Å². The van der Waals surface area contributed by atoms with Crippen molar-refractivity contribution in [1.82, 2.24) is 9.72 Å². The molecular formula is C17H20N2O4. The third-order valence-electron chi connectivity index (χ3n) is 4.33. The molecule has 1 aliphatic rings. The van der Waals surface area contributed by atoms with E-state index in [0.717, 1.165) is 17.8 Å². The van der Waals surface area contributed by atoms with E-state index in [4.69, 9.17) is 9.26 Å². The second-order valence-corrected chi connectivity index (χ2v) is 6.27. The predicted octanol–water partition coefficient (Wildman–Crippen LogP) is 2.77. The fourth-order valence-electron chi connectivity index (χ4n) is 2.83. The van der Waals surface area contributed by atoms with E-state index in [2.05, 4.69) is 5.16 Å². The molecule has 6 heteroatoms. The number of rotatable bonds is 5. The summed E-state index contributed by atoms with van der Waals surface area (Å²) < 4.78 is 12.1. The minimum absolute atomic E-state index is 0.0339. The highest BCUT2D eigenvalue weighted by atomic mass is 16.5. The molecule has 2 heterocycles. The van der Waals surface area contributed by atoms with Crippen molar-refractivity contribution in [1.29, 1.82) is 0 Å². The molecule has 2 atom stereocenters. The zero-order valence-electron chi connectivity index (χ0n) is 13.8. The Morgan fingerprint density at radius 1 is 1.35 bits per heavy atom. The maximum absolute atomic E-state index is 12.4. The molecule has 122 valence electrons. The van der Waals surface area contributed by atoms with Gasteiger partial charge in [-0.3, -0.25) is 14.2 Å². The van der Waals surface area contributed by atoms with E-state index in [1.807, 2.05) is 38.3 Å². The smallest absolute Gasteiger partial charge is 0.309 e. The Bertz CT molecular complexity index is 772. The van der Waals surface area contributed by atoms with Gasteiger partial charge < -0.3 is 9.26 Å². The first-order valence-corrected chi connectivity index (χ1v) is 7.71. The summed E-state index contributed by atoms with van der Waals surface area (Å²) in [6.07, 6.45) is 0.854. The maximum atomic E-state index is 12.4. The Morgan fingerprint density at radius 2 is 2.04 bits per heavy atom. The minimum atomic E-state index is -0.271. The number of hydrogen-bond acceptors (Lipinski definition) is 5. The molecule has 0 spiro atoms. The highest BCUT2D eigenvalue weighted by Crippen LogP contribution is 2.38. The van der Waals surface area contributed by atoms with Crippen LogP contribution in [0.4, 0.5) is 0 Å². The second kappa shape index (κ2) is 5.68. The van der Waals surface area contributed by atoms with Crippen LogP contribution in [-0.2, 0) is 9.53 Å². The van der Waals surface area contributed by atoms with Crippen molar-refractivity contribution in [2.75, 3.05) is 6.61 Å². The summed E-state index contributed by atoms with van der Waals surface area (Å²) >= 11 is 0. The molecule has 1 aliphatic carbocycles. The Balaban J connectivity index is 1.75. The first-order valence-electron chi connectivity index (χ1n) is 7.71. The summed E-state index contributed by atoms with van der Waals surface area (Å²) in [6.45, 7) is 7.33. The third kappa shape index (κ3) is 2.93. The van der Waals surface area contributed by atoms with Crippen molar-refractivity contribution in [3.63, 3.8) is 0 Å². The molecule has 0 bridgehead atoms. The van der Waals surface area contributed by atoms with E-state index in [0.29, 0.717) is 23.1 Å². The number of ketones is 1. The zero-order chi connectivity index (χ0) is 16.7. The molecule has 0 amide bonds. The summed E-state index contributed by atoms with van der Waals surface area (Å²) in [7, 11) is 0. The molecule has 3 rings (SSSR count). The minimum Gasteiger partial charge on any atom is -0.457 e. The Morgan fingerprint density at radius 3 is 2.61 bits per heavy atom. The number of Topliss-reactive ketones (excluding diaryl/α,β-unsaturated/α-hetero) is 1. The lowest BCUT2D eigenvalue weighted by Crippen LogP contribution is -2.16. The van der Waals surface area contributed by atoms with Gasteiger partial charge in [-0.25, -0.2) is 0 Å². The Labute approximate surface area is 134 Å². The van der Waals surface area contributed by atoms with Crippen molar-refractivity contribution in [3.8, 4) is 5.82 Å². The second-order valence-electron chi connectivity index (χ2n) is 6.27. The number of aryl methyl sites for hydroxylation is 2. The first kappa shape index (κ1) is 15.5. The number of nitrogens with zero attached hydrogens (tertiary/aromatic N) is 2. The van der Waals surface area contributed by atoms with Gasteiger partial charge in [-0.2, -0.15) is 0 Å². The zero-order valence-corrected chi connectivity index (χ0v) is 13.8. The number of carbonyl (C=O) groups is 2. The highest BCUT2D eigenvalue weighted by molar-refractivity contribution is 5.99. The van der Waals surface area contributed by atoms with E-state index in [1.54, 1.807) is 6.07 Å². The number of aromatic nitrogens is 2. The van der Waals surface area contributed by atoms with Gasteiger partial charge >= 0.3 is 5.97 Å². The first-order chi connectivity index (χ1) is 10.9. The van der Waals surface area contributed by atoms with Gasteiger partial charge in [0.05, 0.1) is 5.92 Å². The average Bonchev–Trinajstić information content (AvgIpc) is 2.96. The van der Waals surface area contributed by atoms with Crippen LogP contribution in [0.15, 0.2) is 16.7 Å². The van der Waals surface area contributed by atoms with E-state index in [9.17, 15) is 9.59 Å². The molecule has 1 saturated carbocycles. The van der Waals surface area contributed by atoms with E-state index in [1.165, 1.54) is 0 Å². The van der Waals surface area contributed by atoms with Crippen LogP contribution < -0.4 is 0 Å². The van der Waals surface area contributed by atoms with Gasteiger partial charge in [0.1, 0.15) is 5.76 Å². The molecule has 0 N–H and O–H groups in total. The van der Waals surface area contributed by atoms with E-state index in [-0.39, 0.29) is 24.3 Å². The molecule has 0 aliphatic heterocycles. The summed E-state index contributed by atoms with van der Waals surface area (Å²) in [4.78, 5) is 24.1. The molecule has 2 aromatic rings. The fraction of sp³-hybridized carbons (Fsp3) is 0.471. The van der Waals surface area contributed by atoms with Crippen LogP contribution in [0.3, 0.4) is 0 Å². The number of esters is 1. The van der Waals surface area contributed by atoms with E-state index < -0.39 is 0 Å². The topological polar surface area (TPSA) is 74.3 Å². The van der Waals surface area contributed by atoms with Crippen LogP contribution >= 0.6 is 0 Å². The van der Waals surface area contributed by atoms with Crippen LogP contribution in [0.25, 0.3) is 5.82 Å². The highest BCUT2D eigenvalue weighted by Gasteiger charge is 2.40. The molecule has 0 aromatic carbocycles. The lowest BCUT2D eigenvalue weighted by molar-refractivity contribution is -0.144. The van der Waals surface area contributed by atoms with Crippen molar-refractivity contribution in [2.45, 2.75) is 34.1 Å². The molecule has 6 nitrogen and oxygen atoms in total.